The second-order valence-electron chi connectivity index (χ2n) is 3.00. The minimum absolute atomic E-state index is 0.0610. The molecule has 1 aromatic heterocycles. The van der Waals surface area contributed by atoms with E-state index in [0.29, 0.717) is 11.4 Å². The molecule has 1 aromatic rings. The van der Waals surface area contributed by atoms with Gasteiger partial charge >= 0.3 is 5.97 Å². The van der Waals surface area contributed by atoms with Crippen LogP contribution in [0, 0.1) is 0 Å². The smallest absolute Gasteiger partial charge is 0.356 e. The normalized spacial score (nSPS) is 12.4. The summed E-state index contributed by atoms with van der Waals surface area (Å²) < 4.78 is 0. The van der Waals surface area contributed by atoms with Crippen molar-refractivity contribution in [1.29, 1.82) is 0 Å². The van der Waals surface area contributed by atoms with Gasteiger partial charge in [-0.15, -0.1) is 22.0 Å². The van der Waals surface area contributed by atoms with E-state index in [-0.39, 0.29) is 17.6 Å². The van der Waals surface area contributed by atoms with E-state index >= 15 is 0 Å². The Balaban J connectivity index is 2.60. The number of nitrogens with zero attached hydrogens (tertiary/aromatic N) is 2. The van der Waals surface area contributed by atoms with Crippen LogP contribution in [0.4, 0.5) is 0 Å². The van der Waals surface area contributed by atoms with Crippen LogP contribution < -0.4 is 0 Å². The molecule has 0 bridgehead atoms. The predicted octanol–water partition coefficient (Wildman–Crippen LogP) is 1.04. The van der Waals surface area contributed by atoms with Crippen molar-refractivity contribution in [2.75, 3.05) is 6.61 Å². The monoisotopic (exact) mass is 228 g/mol. The Morgan fingerprint density at radius 3 is 2.73 bits per heavy atom. The molecule has 0 fully saturated rings. The first-order valence-corrected chi connectivity index (χ1v) is 5.36. The molecule has 82 valence electrons. The summed E-state index contributed by atoms with van der Waals surface area (Å²) in [7, 11) is 0. The van der Waals surface area contributed by atoms with Gasteiger partial charge in [0.15, 0.2) is 5.69 Å². The van der Waals surface area contributed by atoms with Gasteiger partial charge in [-0.1, -0.05) is 6.92 Å². The molecule has 0 aliphatic heterocycles. The number of thioether (sulfide) groups is 1. The van der Waals surface area contributed by atoms with Gasteiger partial charge in [0, 0.05) is 11.9 Å². The minimum atomic E-state index is -1.08. The fourth-order valence-corrected chi connectivity index (χ4v) is 1.81. The van der Waals surface area contributed by atoms with Crippen molar-refractivity contribution in [2.45, 2.75) is 23.6 Å². The van der Waals surface area contributed by atoms with E-state index in [0.717, 1.165) is 0 Å². The van der Waals surface area contributed by atoms with Gasteiger partial charge in [-0.2, -0.15) is 0 Å². The number of hydrogen-bond acceptors (Lipinski definition) is 5. The largest absolute Gasteiger partial charge is 0.476 e. The third-order valence-corrected chi connectivity index (χ3v) is 2.81. The molecule has 1 heterocycles. The molecule has 0 amide bonds. The minimum Gasteiger partial charge on any atom is -0.476 e. The lowest BCUT2D eigenvalue weighted by Gasteiger charge is -2.07. The molecule has 6 heteroatoms. The highest BCUT2D eigenvalue weighted by molar-refractivity contribution is 7.99. The van der Waals surface area contributed by atoms with Crippen LogP contribution in [0.1, 0.15) is 23.8 Å². The highest BCUT2D eigenvalue weighted by Gasteiger charge is 2.08. The third kappa shape index (κ3) is 3.85. The van der Waals surface area contributed by atoms with E-state index in [1.54, 1.807) is 6.07 Å². The third-order valence-electron chi connectivity index (χ3n) is 1.72. The standard InChI is InChI=1S/C9H12N2O3S/c1-6(4-5-12)15-8-3-2-7(9(13)14)10-11-8/h2-3,6,12H,4-5H2,1H3,(H,13,14). The van der Waals surface area contributed by atoms with Gasteiger partial charge in [-0.25, -0.2) is 4.79 Å². The number of hydrogen-bond donors (Lipinski definition) is 2. The fourth-order valence-electron chi connectivity index (χ4n) is 0.944. The van der Waals surface area contributed by atoms with Crippen molar-refractivity contribution in [3.8, 4) is 0 Å². The number of aliphatic hydroxyl groups excluding tert-OH is 1. The zero-order valence-electron chi connectivity index (χ0n) is 8.25. The Hall–Kier alpha value is -1.14. The van der Waals surface area contributed by atoms with Crippen LogP contribution in [0.2, 0.25) is 0 Å². The number of aromatic nitrogens is 2. The van der Waals surface area contributed by atoms with Gasteiger partial charge < -0.3 is 10.2 Å². The van der Waals surface area contributed by atoms with Crippen LogP contribution >= 0.6 is 11.8 Å². The van der Waals surface area contributed by atoms with Crippen molar-refractivity contribution in [3.63, 3.8) is 0 Å². The second-order valence-corrected chi connectivity index (χ2v) is 4.46. The van der Waals surface area contributed by atoms with Crippen LogP contribution in [-0.2, 0) is 0 Å². The number of carbonyl (C=O) groups is 1. The van der Waals surface area contributed by atoms with Gasteiger partial charge in [-0.3, -0.25) is 0 Å². The summed E-state index contributed by atoms with van der Waals surface area (Å²) in [5.74, 6) is -1.08. The predicted molar refractivity (Wildman–Crippen MR) is 56.0 cm³/mol. The lowest BCUT2D eigenvalue weighted by Crippen LogP contribution is -2.04. The molecular weight excluding hydrogens is 216 g/mol. The van der Waals surface area contributed by atoms with E-state index in [1.165, 1.54) is 17.8 Å². The van der Waals surface area contributed by atoms with Crippen molar-refractivity contribution < 1.29 is 15.0 Å². The molecule has 0 radical (unpaired) electrons. The topological polar surface area (TPSA) is 83.3 Å². The Kier molecular flexibility index (Phi) is 4.51. The molecule has 1 atom stereocenters. The van der Waals surface area contributed by atoms with E-state index < -0.39 is 5.97 Å². The van der Waals surface area contributed by atoms with Crippen molar-refractivity contribution in [1.82, 2.24) is 10.2 Å². The zero-order valence-corrected chi connectivity index (χ0v) is 9.07. The van der Waals surface area contributed by atoms with Crippen LogP contribution in [-0.4, -0.2) is 38.2 Å². The molecule has 0 aliphatic carbocycles. The number of aliphatic hydroxyl groups is 1. The lowest BCUT2D eigenvalue weighted by atomic mass is 10.3. The van der Waals surface area contributed by atoms with E-state index in [9.17, 15) is 4.79 Å². The van der Waals surface area contributed by atoms with Crippen molar-refractivity contribution >= 4 is 17.7 Å². The first-order chi connectivity index (χ1) is 7.13. The Morgan fingerprint density at radius 1 is 1.53 bits per heavy atom. The first kappa shape index (κ1) is 11.9. The van der Waals surface area contributed by atoms with Gasteiger partial charge in [0.1, 0.15) is 5.03 Å². The van der Waals surface area contributed by atoms with Crippen molar-refractivity contribution in [3.05, 3.63) is 17.8 Å². The van der Waals surface area contributed by atoms with Gasteiger partial charge in [0.2, 0.25) is 0 Å². The summed E-state index contributed by atoms with van der Waals surface area (Å²) in [4.78, 5) is 10.5. The van der Waals surface area contributed by atoms with Crippen LogP contribution in [0.5, 0.6) is 0 Å². The van der Waals surface area contributed by atoms with Crippen molar-refractivity contribution in [2.24, 2.45) is 0 Å². The zero-order chi connectivity index (χ0) is 11.3. The average molecular weight is 228 g/mol. The quantitative estimate of drug-likeness (QED) is 0.732. The second kappa shape index (κ2) is 5.67. The van der Waals surface area contributed by atoms with E-state index in [4.69, 9.17) is 10.2 Å². The SMILES string of the molecule is CC(CCO)Sc1ccc(C(=O)O)nn1. The molecule has 5 nitrogen and oxygen atoms in total. The maximum absolute atomic E-state index is 10.5. The van der Waals surface area contributed by atoms with Gasteiger partial charge in [0.05, 0.1) is 0 Å². The Labute approximate surface area is 91.5 Å². The summed E-state index contributed by atoms with van der Waals surface area (Å²) in [5, 5.41) is 25.5. The molecular formula is C9H12N2O3S. The molecule has 0 spiro atoms. The summed E-state index contributed by atoms with van der Waals surface area (Å²) in [6.07, 6.45) is 0.674. The summed E-state index contributed by atoms with van der Waals surface area (Å²) >= 11 is 1.46. The average Bonchev–Trinajstić information content (AvgIpc) is 2.18. The Bertz CT molecular complexity index is 329. The van der Waals surface area contributed by atoms with Crippen LogP contribution in [0.15, 0.2) is 17.2 Å². The maximum Gasteiger partial charge on any atom is 0.356 e. The fraction of sp³-hybridized carbons (Fsp3) is 0.444. The van der Waals surface area contributed by atoms with Gasteiger partial charge in [-0.05, 0) is 18.6 Å². The van der Waals surface area contributed by atoms with E-state index in [1.807, 2.05) is 6.92 Å². The highest BCUT2D eigenvalue weighted by Crippen LogP contribution is 2.22. The van der Waals surface area contributed by atoms with Crippen LogP contribution in [0.3, 0.4) is 0 Å². The number of aromatic carboxylic acids is 1. The molecule has 0 aromatic carbocycles. The summed E-state index contributed by atoms with van der Waals surface area (Å²) in [5.41, 5.74) is -0.0610. The molecule has 2 N–H and O–H groups in total. The number of carboxylic acid groups (broad SMARTS) is 1. The summed E-state index contributed by atoms with van der Waals surface area (Å²) in [6.45, 7) is 2.10. The molecule has 15 heavy (non-hydrogen) atoms. The molecule has 1 unspecified atom stereocenters. The molecule has 0 aliphatic rings. The number of rotatable bonds is 5. The Morgan fingerprint density at radius 2 is 2.27 bits per heavy atom. The molecule has 0 saturated heterocycles. The highest BCUT2D eigenvalue weighted by atomic mass is 32.2. The molecule has 1 rings (SSSR count). The number of carboxylic acids is 1. The molecule has 0 saturated carbocycles. The van der Waals surface area contributed by atoms with Gasteiger partial charge in [0.25, 0.3) is 0 Å². The van der Waals surface area contributed by atoms with Crippen LogP contribution in [0.25, 0.3) is 0 Å². The lowest BCUT2D eigenvalue weighted by molar-refractivity contribution is 0.0689. The first-order valence-electron chi connectivity index (χ1n) is 4.48. The summed E-state index contributed by atoms with van der Waals surface area (Å²) in [6, 6.07) is 3.04. The maximum atomic E-state index is 10.5. The van der Waals surface area contributed by atoms with E-state index in [2.05, 4.69) is 10.2 Å².